The Hall–Kier alpha value is -1.81. The molecule has 0 saturated carbocycles. The van der Waals surface area contributed by atoms with E-state index in [1.165, 1.54) is 0 Å². The first-order valence-electron chi connectivity index (χ1n) is 5.69. The van der Waals surface area contributed by atoms with Crippen LogP contribution in [0.1, 0.15) is 6.42 Å². The van der Waals surface area contributed by atoms with Crippen LogP contribution in [0.15, 0.2) is 37.1 Å². The van der Waals surface area contributed by atoms with E-state index >= 15 is 0 Å². The number of hydrogen-bond donors (Lipinski definition) is 1. The quantitative estimate of drug-likeness (QED) is 0.842. The van der Waals surface area contributed by atoms with Crippen molar-refractivity contribution in [2.24, 2.45) is 0 Å². The van der Waals surface area contributed by atoms with Crippen molar-refractivity contribution in [3.05, 3.63) is 42.1 Å². The molecular formula is C13H14ClN3O. The van der Waals surface area contributed by atoms with E-state index in [9.17, 15) is 4.79 Å². The van der Waals surface area contributed by atoms with Crippen LogP contribution in [-0.2, 0) is 11.3 Å². The van der Waals surface area contributed by atoms with E-state index in [1.54, 1.807) is 17.0 Å². The molecule has 0 aliphatic heterocycles. The predicted molar refractivity (Wildman–Crippen MR) is 72.6 cm³/mol. The maximum Gasteiger partial charge on any atom is 0.222 e. The summed E-state index contributed by atoms with van der Waals surface area (Å²) in [6.45, 7) is 4.59. The van der Waals surface area contributed by atoms with Crippen molar-refractivity contribution in [3.8, 4) is 0 Å². The average molecular weight is 264 g/mol. The van der Waals surface area contributed by atoms with E-state index in [1.807, 2.05) is 18.2 Å². The molecule has 1 aromatic carbocycles. The van der Waals surface area contributed by atoms with Crippen LogP contribution in [-0.4, -0.2) is 22.2 Å². The van der Waals surface area contributed by atoms with E-state index in [0.717, 1.165) is 10.9 Å². The number of carbonyl (C=O) groups excluding carboxylic acids is 1. The third-order valence-corrected chi connectivity index (χ3v) is 2.83. The summed E-state index contributed by atoms with van der Waals surface area (Å²) < 4.78 is 1.80. The average Bonchev–Trinajstić information content (AvgIpc) is 2.76. The molecule has 0 saturated heterocycles. The first kappa shape index (κ1) is 12.6. The third kappa shape index (κ3) is 2.90. The molecule has 0 atom stereocenters. The Balaban J connectivity index is 2.04. The lowest BCUT2D eigenvalue weighted by Gasteiger charge is -2.04. The fraction of sp³-hybridized carbons (Fsp3) is 0.231. The Morgan fingerprint density at radius 2 is 2.39 bits per heavy atom. The SMILES string of the molecule is C=CCNC(=O)CCn1ncc2cc(Cl)ccc21. The second-order valence-corrected chi connectivity index (χ2v) is 4.35. The molecule has 18 heavy (non-hydrogen) atoms. The van der Waals surface area contributed by atoms with Crippen LogP contribution < -0.4 is 5.32 Å². The highest BCUT2D eigenvalue weighted by molar-refractivity contribution is 6.31. The first-order chi connectivity index (χ1) is 8.70. The number of hydrogen-bond acceptors (Lipinski definition) is 2. The van der Waals surface area contributed by atoms with Gasteiger partial charge in [-0.15, -0.1) is 6.58 Å². The van der Waals surface area contributed by atoms with E-state index in [4.69, 9.17) is 11.6 Å². The van der Waals surface area contributed by atoms with Gasteiger partial charge in [-0.3, -0.25) is 9.48 Å². The zero-order valence-electron chi connectivity index (χ0n) is 9.90. The number of fused-ring (bicyclic) bond motifs is 1. The van der Waals surface area contributed by atoms with Gasteiger partial charge in [-0.25, -0.2) is 0 Å². The molecule has 0 fully saturated rings. The fourth-order valence-corrected chi connectivity index (χ4v) is 1.90. The van der Waals surface area contributed by atoms with E-state index < -0.39 is 0 Å². The number of nitrogens with zero attached hydrogens (tertiary/aromatic N) is 2. The Morgan fingerprint density at radius 1 is 1.56 bits per heavy atom. The number of halogens is 1. The summed E-state index contributed by atoms with van der Waals surface area (Å²) in [4.78, 5) is 11.5. The van der Waals surface area contributed by atoms with Crippen LogP contribution in [0.25, 0.3) is 10.9 Å². The Kier molecular flexibility index (Phi) is 3.99. The zero-order valence-corrected chi connectivity index (χ0v) is 10.7. The molecule has 0 bridgehead atoms. The van der Waals surface area contributed by atoms with Crippen LogP contribution in [0.4, 0.5) is 0 Å². The predicted octanol–water partition coefficient (Wildman–Crippen LogP) is 2.38. The van der Waals surface area contributed by atoms with Gasteiger partial charge in [0.1, 0.15) is 0 Å². The van der Waals surface area contributed by atoms with E-state index in [2.05, 4.69) is 17.0 Å². The molecule has 0 unspecified atom stereocenters. The molecule has 2 rings (SSSR count). The topological polar surface area (TPSA) is 46.9 Å². The number of nitrogens with one attached hydrogen (secondary N) is 1. The van der Waals surface area contributed by atoms with Crippen LogP contribution in [0.5, 0.6) is 0 Å². The van der Waals surface area contributed by atoms with Crippen LogP contribution in [0.2, 0.25) is 5.02 Å². The number of carbonyl (C=O) groups is 1. The Bertz CT molecular complexity index is 577. The number of rotatable bonds is 5. The second kappa shape index (κ2) is 5.69. The standard InChI is InChI=1S/C13H14ClN3O/c1-2-6-15-13(18)5-7-17-12-4-3-11(14)8-10(12)9-16-17/h2-4,8-9H,1,5-7H2,(H,15,18). The molecule has 94 valence electrons. The molecule has 0 aliphatic rings. The van der Waals surface area contributed by atoms with Gasteiger partial charge < -0.3 is 5.32 Å². The van der Waals surface area contributed by atoms with Crippen LogP contribution >= 0.6 is 11.6 Å². The van der Waals surface area contributed by atoms with E-state index in [0.29, 0.717) is 24.5 Å². The Morgan fingerprint density at radius 3 is 3.17 bits per heavy atom. The number of amides is 1. The molecule has 4 nitrogen and oxygen atoms in total. The number of aryl methyl sites for hydroxylation is 1. The second-order valence-electron chi connectivity index (χ2n) is 3.91. The van der Waals surface area contributed by atoms with Gasteiger partial charge in [0.15, 0.2) is 0 Å². The van der Waals surface area contributed by atoms with Crippen molar-refractivity contribution in [1.29, 1.82) is 0 Å². The smallest absolute Gasteiger partial charge is 0.222 e. The molecule has 1 amide bonds. The van der Waals surface area contributed by atoms with Gasteiger partial charge in [0, 0.05) is 23.4 Å². The largest absolute Gasteiger partial charge is 0.353 e. The number of aromatic nitrogens is 2. The minimum Gasteiger partial charge on any atom is -0.353 e. The normalized spacial score (nSPS) is 10.5. The van der Waals surface area contributed by atoms with Gasteiger partial charge in [0.2, 0.25) is 5.91 Å². The third-order valence-electron chi connectivity index (χ3n) is 2.60. The highest BCUT2D eigenvalue weighted by Crippen LogP contribution is 2.18. The fourth-order valence-electron chi connectivity index (χ4n) is 1.72. The van der Waals surface area contributed by atoms with Crippen LogP contribution in [0.3, 0.4) is 0 Å². The van der Waals surface area contributed by atoms with Gasteiger partial charge >= 0.3 is 0 Å². The molecule has 1 N–H and O–H groups in total. The zero-order chi connectivity index (χ0) is 13.0. The highest BCUT2D eigenvalue weighted by atomic mass is 35.5. The maximum absolute atomic E-state index is 11.5. The summed E-state index contributed by atoms with van der Waals surface area (Å²) in [5.41, 5.74) is 0.982. The lowest BCUT2D eigenvalue weighted by Crippen LogP contribution is -2.24. The minimum absolute atomic E-state index is 0.00693. The molecule has 0 spiro atoms. The summed E-state index contributed by atoms with van der Waals surface area (Å²) >= 11 is 5.90. The molecule has 2 aromatic rings. The summed E-state index contributed by atoms with van der Waals surface area (Å²) in [6, 6.07) is 5.59. The van der Waals surface area contributed by atoms with Crippen molar-refractivity contribution >= 4 is 28.4 Å². The Labute approximate surface area is 110 Å². The van der Waals surface area contributed by atoms with Crippen molar-refractivity contribution in [3.63, 3.8) is 0 Å². The summed E-state index contributed by atoms with van der Waals surface area (Å²) in [6.07, 6.45) is 3.80. The molecule has 1 aromatic heterocycles. The van der Waals surface area contributed by atoms with Crippen molar-refractivity contribution < 1.29 is 4.79 Å². The monoisotopic (exact) mass is 263 g/mol. The van der Waals surface area contributed by atoms with Gasteiger partial charge in [-0.2, -0.15) is 5.10 Å². The molecular weight excluding hydrogens is 250 g/mol. The van der Waals surface area contributed by atoms with Crippen molar-refractivity contribution in [2.45, 2.75) is 13.0 Å². The summed E-state index contributed by atoms with van der Waals surface area (Å²) in [5.74, 6) is -0.00693. The number of benzene rings is 1. The first-order valence-corrected chi connectivity index (χ1v) is 6.07. The summed E-state index contributed by atoms with van der Waals surface area (Å²) in [5, 5.41) is 8.65. The minimum atomic E-state index is -0.00693. The lowest BCUT2D eigenvalue weighted by atomic mass is 10.2. The van der Waals surface area contributed by atoms with Gasteiger partial charge in [0.05, 0.1) is 18.3 Å². The summed E-state index contributed by atoms with van der Waals surface area (Å²) in [7, 11) is 0. The van der Waals surface area contributed by atoms with Gasteiger partial charge in [-0.05, 0) is 18.2 Å². The van der Waals surface area contributed by atoms with Crippen molar-refractivity contribution in [1.82, 2.24) is 15.1 Å². The van der Waals surface area contributed by atoms with Crippen molar-refractivity contribution in [2.75, 3.05) is 6.54 Å². The van der Waals surface area contributed by atoms with Gasteiger partial charge in [-0.1, -0.05) is 17.7 Å². The molecule has 1 heterocycles. The lowest BCUT2D eigenvalue weighted by molar-refractivity contribution is -0.121. The highest BCUT2D eigenvalue weighted by Gasteiger charge is 2.05. The van der Waals surface area contributed by atoms with Gasteiger partial charge in [0.25, 0.3) is 0 Å². The van der Waals surface area contributed by atoms with Crippen LogP contribution in [0, 0.1) is 0 Å². The molecule has 0 aliphatic carbocycles. The molecule has 5 heteroatoms. The maximum atomic E-state index is 11.5. The van der Waals surface area contributed by atoms with E-state index in [-0.39, 0.29) is 5.91 Å². The molecule has 0 radical (unpaired) electrons.